The van der Waals surface area contributed by atoms with Crippen LogP contribution in [0.25, 0.3) is 0 Å². The normalized spacial score (nSPS) is 11.5. The van der Waals surface area contributed by atoms with E-state index in [1.807, 2.05) is 6.92 Å². The molecule has 16 heavy (non-hydrogen) atoms. The van der Waals surface area contributed by atoms with E-state index < -0.39 is 0 Å². The topological polar surface area (TPSA) is 12.0 Å². The zero-order valence-corrected chi connectivity index (χ0v) is 10.9. The van der Waals surface area contributed by atoms with Crippen molar-refractivity contribution in [1.29, 1.82) is 0 Å². The first kappa shape index (κ1) is 13.0. The minimum Gasteiger partial charge on any atom is -0.309 e. The first-order valence-electron chi connectivity index (χ1n) is 5.84. The summed E-state index contributed by atoms with van der Waals surface area (Å²) < 4.78 is 0. The lowest BCUT2D eigenvalue weighted by molar-refractivity contribution is 0.589. The molecule has 1 heteroatoms. The van der Waals surface area contributed by atoms with Gasteiger partial charge in [-0.3, -0.25) is 0 Å². The van der Waals surface area contributed by atoms with Crippen molar-refractivity contribution in [2.45, 2.75) is 39.7 Å². The fraction of sp³-hybridized carbons (Fsp3) is 0.467. The molecule has 1 aromatic carbocycles. The van der Waals surface area contributed by atoms with Crippen LogP contribution < -0.4 is 5.32 Å². The Balaban J connectivity index is 2.55. The summed E-state index contributed by atoms with van der Waals surface area (Å²) in [4.78, 5) is 0. The third-order valence-electron chi connectivity index (χ3n) is 2.58. The molecule has 0 atom stereocenters. The van der Waals surface area contributed by atoms with Crippen LogP contribution in [0.15, 0.2) is 36.4 Å². The molecule has 0 aliphatic carbocycles. The fourth-order valence-corrected chi connectivity index (χ4v) is 1.54. The van der Waals surface area contributed by atoms with Crippen LogP contribution in [0, 0.1) is 0 Å². The van der Waals surface area contributed by atoms with Crippen LogP contribution in [0.5, 0.6) is 0 Å². The zero-order valence-electron chi connectivity index (χ0n) is 10.9. The average molecular weight is 217 g/mol. The van der Waals surface area contributed by atoms with E-state index in [1.165, 1.54) is 16.7 Å². The standard InChI is InChI=1S/C15H23N/c1-12(2)10-16-11-13-6-8-14(9-7-13)15(3,4)5/h6-9,16H,1,10-11H2,2-5H3. The molecule has 0 saturated heterocycles. The molecule has 0 saturated carbocycles. The van der Waals surface area contributed by atoms with Crippen LogP contribution in [0.4, 0.5) is 0 Å². The molecule has 0 aromatic heterocycles. The van der Waals surface area contributed by atoms with Gasteiger partial charge < -0.3 is 5.32 Å². The van der Waals surface area contributed by atoms with Crippen LogP contribution in [0.2, 0.25) is 0 Å². The minimum atomic E-state index is 0.240. The molecule has 0 heterocycles. The Morgan fingerprint density at radius 3 is 2.19 bits per heavy atom. The van der Waals surface area contributed by atoms with Gasteiger partial charge in [-0.2, -0.15) is 0 Å². The van der Waals surface area contributed by atoms with Crippen molar-refractivity contribution >= 4 is 0 Å². The van der Waals surface area contributed by atoms with E-state index in [4.69, 9.17) is 0 Å². The molecule has 88 valence electrons. The van der Waals surface area contributed by atoms with Gasteiger partial charge in [0.15, 0.2) is 0 Å². The molecule has 1 rings (SSSR count). The highest BCUT2D eigenvalue weighted by atomic mass is 14.8. The number of nitrogens with one attached hydrogen (secondary N) is 1. The fourth-order valence-electron chi connectivity index (χ4n) is 1.54. The van der Waals surface area contributed by atoms with Crippen molar-refractivity contribution in [2.75, 3.05) is 6.54 Å². The lowest BCUT2D eigenvalue weighted by Gasteiger charge is -2.19. The molecular formula is C15H23N. The first-order valence-corrected chi connectivity index (χ1v) is 5.84. The van der Waals surface area contributed by atoms with Gasteiger partial charge in [0, 0.05) is 13.1 Å². The Hall–Kier alpha value is -1.08. The maximum atomic E-state index is 3.87. The van der Waals surface area contributed by atoms with Crippen molar-refractivity contribution in [3.8, 4) is 0 Å². The number of hydrogen-bond acceptors (Lipinski definition) is 1. The third kappa shape index (κ3) is 4.19. The average Bonchev–Trinajstić information content (AvgIpc) is 2.16. The van der Waals surface area contributed by atoms with Crippen molar-refractivity contribution in [1.82, 2.24) is 5.32 Å². The van der Waals surface area contributed by atoms with E-state index in [-0.39, 0.29) is 5.41 Å². The Kier molecular flexibility index (Phi) is 4.31. The quantitative estimate of drug-likeness (QED) is 0.759. The van der Waals surface area contributed by atoms with Gasteiger partial charge in [0.25, 0.3) is 0 Å². The molecular weight excluding hydrogens is 194 g/mol. The molecule has 0 fully saturated rings. The maximum Gasteiger partial charge on any atom is 0.0208 e. The summed E-state index contributed by atoms with van der Waals surface area (Å²) in [6.45, 7) is 14.4. The first-order chi connectivity index (χ1) is 7.39. The van der Waals surface area contributed by atoms with Crippen molar-refractivity contribution in [2.24, 2.45) is 0 Å². The number of rotatable bonds is 4. The van der Waals surface area contributed by atoms with Gasteiger partial charge >= 0.3 is 0 Å². The molecule has 1 nitrogen and oxygen atoms in total. The van der Waals surface area contributed by atoms with Crippen LogP contribution in [0.3, 0.4) is 0 Å². The maximum absolute atomic E-state index is 3.87. The summed E-state index contributed by atoms with van der Waals surface area (Å²) in [6.07, 6.45) is 0. The summed E-state index contributed by atoms with van der Waals surface area (Å²) in [5, 5.41) is 3.36. The van der Waals surface area contributed by atoms with E-state index in [0.29, 0.717) is 0 Å². The molecule has 1 N–H and O–H groups in total. The molecule has 0 radical (unpaired) electrons. The number of benzene rings is 1. The summed E-state index contributed by atoms with van der Waals surface area (Å²) in [5.41, 5.74) is 4.13. The SMILES string of the molecule is C=C(C)CNCc1ccc(C(C)(C)C)cc1. The van der Waals surface area contributed by atoms with Gasteiger partial charge in [0.05, 0.1) is 0 Å². The highest BCUT2D eigenvalue weighted by Crippen LogP contribution is 2.22. The molecule has 0 aliphatic rings. The highest BCUT2D eigenvalue weighted by Gasteiger charge is 2.12. The molecule has 0 amide bonds. The summed E-state index contributed by atoms with van der Waals surface area (Å²) in [5.74, 6) is 0. The van der Waals surface area contributed by atoms with Gasteiger partial charge in [-0.05, 0) is 23.5 Å². The molecule has 0 unspecified atom stereocenters. The second-order valence-electron chi connectivity index (χ2n) is 5.51. The van der Waals surface area contributed by atoms with E-state index in [2.05, 4.69) is 56.9 Å². The van der Waals surface area contributed by atoms with Crippen molar-refractivity contribution < 1.29 is 0 Å². The van der Waals surface area contributed by atoms with Gasteiger partial charge in [-0.1, -0.05) is 57.2 Å². The lowest BCUT2D eigenvalue weighted by Crippen LogP contribution is -2.15. The highest BCUT2D eigenvalue weighted by molar-refractivity contribution is 5.27. The number of hydrogen-bond donors (Lipinski definition) is 1. The van der Waals surface area contributed by atoms with Crippen molar-refractivity contribution in [3.63, 3.8) is 0 Å². The van der Waals surface area contributed by atoms with Gasteiger partial charge in [0.1, 0.15) is 0 Å². The monoisotopic (exact) mass is 217 g/mol. The minimum absolute atomic E-state index is 0.240. The van der Waals surface area contributed by atoms with Crippen LogP contribution in [0.1, 0.15) is 38.8 Å². The molecule has 0 bridgehead atoms. The smallest absolute Gasteiger partial charge is 0.0208 e. The molecule has 0 aliphatic heterocycles. The molecule has 0 spiro atoms. The lowest BCUT2D eigenvalue weighted by atomic mass is 9.87. The van der Waals surface area contributed by atoms with Gasteiger partial charge in [-0.25, -0.2) is 0 Å². The predicted molar refractivity (Wildman–Crippen MR) is 71.7 cm³/mol. The van der Waals surface area contributed by atoms with Crippen LogP contribution in [-0.4, -0.2) is 6.54 Å². The van der Waals surface area contributed by atoms with E-state index in [9.17, 15) is 0 Å². The Bertz CT molecular complexity index is 341. The summed E-state index contributed by atoms with van der Waals surface area (Å²) in [7, 11) is 0. The van der Waals surface area contributed by atoms with Crippen LogP contribution >= 0.6 is 0 Å². The predicted octanol–water partition coefficient (Wildman–Crippen LogP) is 3.65. The van der Waals surface area contributed by atoms with Crippen molar-refractivity contribution in [3.05, 3.63) is 47.5 Å². The Morgan fingerprint density at radius 1 is 1.19 bits per heavy atom. The second kappa shape index (κ2) is 5.31. The summed E-state index contributed by atoms with van der Waals surface area (Å²) in [6, 6.07) is 8.84. The largest absolute Gasteiger partial charge is 0.309 e. The van der Waals surface area contributed by atoms with E-state index in [0.717, 1.165) is 13.1 Å². The van der Waals surface area contributed by atoms with E-state index >= 15 is 0 Å². The van der Waals surface area contributed by atoms with Gasteiger partial charge in [0.2, 0.25) is 0 Å². The van der Waals surface area contributed by atoms with Crippen LogP contribution in [-0.2, 0) is 12.0 Å². The Labute approximate surface area is 99.6 Å². The molecule has 1 aromatic rings. The second-order valence-corrected chi connectivity index (χ2v) is 5.51. The summed E-state index contributed by atoms with van der Waals surface area (Å²) >= 11 is 0. The van der Waals surface area contributed by atoms with E-state index in [1.54, 1.807) is 0 Å². The Morgan fingerprint density at radius 2 is 1.75 bits per heavy atom. The third-order valence-corrected chi connectivity index (χ3v) is 2.58. The zero-order chi connectivity index (χ0) is 12.2. The van der Waals surface area contributed by atoms with Gasteiger partial charge in [-0.15, -0.1) is 0 Å².